The molecule has 1 aromatic heterocycles. The maximum Gasteiger partial charge on any atom is 0.239 e. The van der Waals surface area contributed by atoms with E-state index in [0.29, 0.717) is 19.1 Å². The minimum atomic E-state index is 0.0569. The Balaban J connectivity index is 2.42. The minimum Gasteiger partial charge on any atom is -0.355 e. The van der Waals surface area contributed by atoms with E-state index in [1.807, 2.05) is 30.0 Å². The number of hydrogen-bond donors (Lipinski definition) is 2. The van der Waals surface area contributed by atoms with E-state index in [9.17, 15) is 4.79 Å². The molecule has 0 radical (unpaired) electrons. The SMILES string of the molecule is CCNC(=O)Cn1ccc(CNC(C)C)c1. The van der Waals surface area contributed by atoms with Crippen LogP contribution in [0.5, 0.6) is 0 Å². The average Bonchev–Trinajstić information content (AvgIpc) is 2.63. The standard InChI is InChI=1S/C12H21N3O/c1-4-13-12(16)9-15-6-5-11(8-15)7-14-10(2)3/h5-6,8,10,14H,4,7,9H2,1-3H3,(H,13,16). The van der Waals surface area contributed by atoms with E-state index in [2.05, 4.69) is 24.5 Å². The van der Waals surface area contributed by atoms with Crippen LogP contribution in [0.15, 0.2) is 18.5 Å². The number of hydrogen-bond acceptors (Lipinski definition) is 2. The normalized spacial score (nSPS) is 10.8. The maximum absolute atomic E-state index is 11.3. The highest BCUT2D eigenvalue weighted by Gasteiger charge is 2.02. The molecule has 2 N–H and O–H groups in total. The van der Waals surface area contributed by atoms with Gasteiger partial charge in [0.15, 0.2) is 0 Å². The predicted octanol–water partition coefficient (Wildman–Crippen LogP) is 1.12. The Kier molecular flexibility index (Phi) is 5.05. The fourth-order valence-electron chi connectivity index (χ4n) is 1.43. The van der Waals surface area contributed by atoms with Gasteiger partial charge >= 0.3 is 0 Å². The van der Waals surface area contributed by atoms with Crippen molar-refractivity contribution in [3.8, 4) is 0 Å². The molecule has 1 heterocycles. The number of aromatic nitrogens is 1. The van der Waals surface area contributed by atoms with Crippen LogP contribution < -0.4 is 10.6 Å². The molecule has 0 aliphatic heterocycles. The van der Waals surface area contributed by atoms with Crippen LogP contribution in [-0.4, -0.2) is 23.1 Å². The van der Waals surface area contributed by atoms with Crippen LogP contribution in [0, 0.1) is 0 Å². The Morgan fingerprint density at radius 1 is 1.50 bits per heavy atom. The van der Waals surface area contributed by atoms with Crippen molar-refractivity contribution in [3.05, 3.63) is 24.0 Å². The molecule has 0 aliphatic rings. The average molecular weight is 223 g/mol. The summed E-state index contributed by atoms with van der Waals surface area (Å²) in [6, 6.07) is 2.51. The van der Waals surface area contributed by atoms with Crippen LogP contribution in [0.4, 0.5) is 0 Å². The molecule has 0 aliphatic carbocycles. The van der Waals surface area contributed by atoms with E-state index in [-0.39, 0.29) is 5.91 Å². The lowest BCUT2D eigenvalue weighted by atomic mass is 10.3. The molecule has 16 heavy (non-hydrogen) atoms. The maximum atomic E-state index is 11.3. The van der Waals surface area contributed by atoms with Crippen molar-refractivity contribution in [2.75, 3.05) is 6.54 Å². The molecular formula is C12H21N3O. The first kappa shape index (κ1) is 12.8. The zero-order chi connectivity index (χ0) is 12.0. The number of amides is 1. The quantitative estimate of drug-likeness (QED) is 0.759. The van der Waals surface area contributed by atoms with Gasteiger partial charge in [0.25, 0.3) is 0 Å². The molecule has 0 unspecified atom stereocenters. The Hall–Kier alpha value is -1.29. The van der Waals surface area contributed by atoms with Crippen LogP contribution in [0.1, 0.15) is 26.3 Å². The van der Waals surface area contributed by atoms with Gasteiger partial charge in [0.1, 0.15) is 6.54 Å². The van der Waals surface area contributed by atoms with Gasteiger partial charge in [-0.25, -0.2) is 0 Å². The molecule has 0 bridgehead atoms. The molecule has 0 aromatic carbocycles. The van der Waals surface area contributed by atoms with Gasteiger partial charge in [-0.05, 0) is 18.6 Å². The van der Waals surface area contributed by atoms with Crippen LogP contribution in [0.2, 0.25) is 0 Å². The number of rotatable bonds is 6. The van der Waals surface area contributed by atoms with Crippen molar-refractivity contribution in [1.29, 1.82) is 0 Å². The van der Waals surface area contributed by atoms with Crippen LogP contribution in [0.3, 0.4) is 0 Å². The van der Waals surface area contributed by atoms with E-state index in [1.165, 1.54) is 5.56 Å². The molecule has 0 saturated carbocycles. The molecule has 1 aromatic rings. The smallest absolute Gasteiger partial charge is 0.239 e. The van der Waals surface area contributed by atoms with E-state index >= 15 is 0 Å². The number of likely N-dealkylation sites (N-methyl/N-ethyl adjacent to an activating group) is 1. The molecule has 0 atom stereocenters. The topological polar surface area (TPSA) is 46.1 Å². The van der Waals surface area contributed by atoms with E-state index in [0.717, 1.165) is 6.54 Å². The first-order valence-corrected chi connectivity index (χ1v) is 5.76. The van der Waals surface area contributed by atoms with Crippen molar-refractivity contribution in [1.82, 2.24) is 15.2 Å². The van der Waals surface area contributed by atoms with E-state index < -0.39 is 0 Å². The summed E-state index contributed by atoms with van der Waals surface area (Å²) in [6.07, 6.45) is 3.94. The zero-order valence-electron chi connectivity index (χ0n) is 10.3. The van der Waals surface area contributed by atoms with Crippen molar-refractivity contribution in [2.24, 2.45) is 0 Å². The highest BCUT2D eigenvalue weighted by atomic mass is 16.1. The monoisotopic (exact) mass is 223 g/mol. The second-order valence-corrected chi connectivity index (χ2v) is 4.18. The van der Waals surface area contributed by atoms with E-state index in [1.54, 1.807) is 0 Å². The third-order valence-electron chi connectivity index (χ3n) is 2.23. The summed E-state index contributed by atoms with van der Waals surface area (Å²) in [4.78, 5) is 11.3. The summed E-state index contributed by atoms with van der Waals surface area (Å²) in [5, 5.41) is 6.12. The highest BCUT2D eigenvalue weighted by molar-refractivity contribution is 5.75. The highest BCUT2D eigenvalue weighted by Crippen LogP contribution is 2.01. The Morgan fingerprint density at radius 2 is 2.25 bits per heavy atom. The summed E-state index contributed by atoms with van der Waals surface area (Å²) >= 11 is 0. The molecule has 1 amide bonds. The summed E-state index contributed by atoms with van der Waals surface area (Å²) < 4.78 is 1.91. The fourth-order valence-corrected chi connectivity index (χ4v) is 1.43. The molecule has 0 spiro atoms. The molecule has 0 saturated heterocycles. The Morgan fingerprint density at radius 3 is 2.88 bits per heavy atom. The second-order valence-electron chi connectivity index (χ2n) is 4.18. The lowest BCUT2D eigenvalue weighted by Gasteiger charge is -2.06. The lowest BCUT2D eigenvalue weighted by Crippen LogP contribution is -2.26. The molecule has 0 fully saturated rings. The predicted molar refractivity (Wildman–Crippen MR) is 65.1 cm³/mol. The van der Waals surface area contributed by atoms with Crippen LogP contribution >= 0.6 is 0 Å². The number of nitrogens with zero attached hydrogens (tertiary/aromatic N) is 1. The summed E-state index contributed by atoms with van der Waals surface area (Å²) in [5.41, 5.74) is 1.21. The van der Waals surface area contributed by atoms with Gasteiger partial charge in [0.2, 0.25) is 5.91 Å². The second kappa shape index (κ2) is 6.33. The van der Waals surface area contributed by atoms with Gasteiger partial charge in [-0.3, -0.25) is 4.79 Å². The summed E-state index contributed by atoms with van der Waals surface area (Å²) in [7, 11) is 0. The molecule has 1 rings (SSSR count). The number of carbonyl (C=O) groups excluding carboxylic acids is 1. The number of carbonyl (C=O) groups is 1. The Labute approximate surface area is 97.0 Å². The molecular weight excluding hydrogens is 202 g/mol. The third-order valence-corrected chi connectivity index (χ3v) is 2.23. The van der Waals surface area contributed by atoms with Crippen LogP contribution in [0.25, 0.3) is 0 Å². The third kappa shape index (κ3) is 4.49. The zero-order valence-corrected chi connectivity index (χ0v) is 10.3. The van der Waals surface area contributed by atoms with Gasteiger partial charge in [-0.15, -0.1) is 0 Å². The lowest BCUT2D eigenvalue weighted by molar-refractivity contribution is -0.121. The van der Waals surface area contributed by atoms with E-state index in [4.69, 9.17) is 0 Å². The molecule has 4 heteroatoms. The minimum absolute atomic E-state index is 0.0569. The van der Waals surface area contributed by atoms with Crippen molar-refractivity contribution in [3.63, 3.8) is 0 Å². The molecule has 4 nitrogen and oxygen atoms in total. The van der Waals surface area contributed by atoms with Gasteiger partial charge in [0.05, 0.1) is 0 Å². The van der Waals surface area contributed by atoms with Gasteiger partial charge in [-0.1, -0.05) is 13.8 Å². The van der Waals surface area contributed by atoms with Crippen molar-refractivity contribution < 1.29 is 4.79 Å². The first-order chi connectivity index (χ1) is 7.61. The molecule has 90 valence electrons. The van der Waals surface area contributed by atoms with Gasteiger partial charge in [-0.2, -0.15) is 0 Å². The van der Waals surface area contributed by atoms with Crippen LogP contribution in [-0.2, 0) is 17.9 Å². The van der Waals surface area contributed by atoms with Gasteiger partial charge in [0, 0.05) is 31.5 Å². The Bertz CT molecular complexity index is 331. The fraction of sp³-hybridized carbons (Fsp3) is 0.583. The van der Waals surface area contributed by atoms with Crippen molar-refractivity contribution >= 4 is 5.91 Å². The first-order valence-electron chi connectivity index (χ1n) is 5.76. The largest absolute Gasteiger partial charge is 0.355 e. The van der Waals surface area contributed by atoms with Crippen molar-refractivity contribution in [2.45, 2.75) is 39.9 Å². The summed E-state index contributed by atoms with van der Waals surface area (Å²) in [6.45, 7) is 8.08. The number of nitrogens with one attached hydrogen (secondary N) is 2. The summed E-state index contributed by atoms with van der Waals surface area (Å²) in [5.74, 6) is 0.0569. The van der Waals surface area contributed by atoms with Gasteiger partial charge < -0.3 is 15.2 Å².